The van der Waals surface area contributed by atoms with Gasteiger partial charge in [0, 0.05) is 35.4 Å². The second-order valence-corrected chi connectivity index (χ2v) is 15.0. The summed E-state index contributed by atoms with van der Waals surface area (Å²) in [4.78, 5) is 60.9. The lowest BCUT2D eigenvalue weighted by molar-refractivity contribution is -0.150. The van der Waals surface area contributed by atoms with Gasteiger partial charge in [0.1, 0.15) is 42.1 Å². The number of nitrogen functional groups attached to an aromatic ring is 1. The fourth-order valence-electron chi connectivity index (χ4n) is 4.66. The molecule has 1 aromatic carbocycles. The van der Waals surface area contributed by atoms with Gasteiger partial charge < -0.3 is 25.6 Å². The number of carboxylic acid groups (broad SMARTS) is 1. The molecule has 0 bridgehead atoms. The molecule has 0 aliphatic carbocycles. The molecule has 0 radical (unpaired) electrons. The van der Waals surface area contributed by atoms with Crippen molar-refractivity contribution in [3.63, 3.8) is 0 Å². The van der Waals surface area contributed by atoms with Gasteiger partial charge in [-0.15, -0.1) is 56.4 Å². The minimum Gasteiger partial charge on any atom is -0.477 e. The zero-order valence-electron chi connectivity index (χ0n) is 23.9. The standard InChI is InChI=1S/C26H20F2N8O6S5/c1-35-8-30-33-26(35)47-20-11(27)3-10-13(37)4-14(46-19(10)15(20)28)43-5-9-6-44-23-17(22(39)36(23)18(9)24(40)41)32-21(38)16(34-42-2)12-7-45-25(29)31-12/h3-4,7-8,17,23H,5-6H2,1-2H3,(H2,29,31)(H,32,38)(H,40,41)/b34-16+/t17-,23-/m1/s1. The number of nitrogens with two attached hydrogens (primary N) is 1. The van der Waals surface area contributed by atoms with Crippen molar-refractivity contribution in [3.05, 3.63) is 62.7 Å². The van der Waals surface area contributed by atoms with Crippen molar-refractivity contribution >= 4 is 96.7 Å². The van der Waals surface area contributed by atoms with E-state index in [1.165, 1.54) is 41.2 Å². The van der Waals surface area contributed by atoms with Gasteiger partial charge in [0.25, 0.3) is 11.8 Å². The predicted molar refractivity (Wildman–Crippen MR) is 174 cm³/mol. The number of aliphatic carboxylic acids is 1. The first-order chi connectivity index (χ1) is 22.5. The summed E-state index contributed by atoms with van der Waals surface area (Å²) in [6.45, 7) is 0. The number of benzene rings is 1. The van der Waals surface area contributed by atoms with Crippen LogP contribution in [0, 0.1) is 11.6 Å². The highest BCUT2D eigenvalue weighted by Crippen LogP contribution is 2.43. The lowest BCUT2D eigenvalue weighted by atomic mass is 10.0. The highest BCUT2D eigenvalue weighted by atomic mass is 32.2. The van der Waals surface area contributed by atoms with Crippen LogP contribution in [0.25, 0.3) is 10.1 Å². The number of thiazole rings is 1. The number of nitrogens with zero attached hydrogens (tertiary/aromatic N) is 6. The number of halogens is 2. The van der Waals surface area contributed by atoms with Crippen molar-refractivity contribution in [2.75, 3.05) is 24.3 Å². The second kappa shape index (κ2) is 13.2. The van der Waals surface area contributed by atoms with Gasteiger partial charge in [-0.3, -0.25) is 19.3 Å². The number of oxime groups is 1. The number of β-lactam (4-membered cyclic amide) rings is 1. The number of hydrogen-bond acceptors (Lipinski definition) is 15. The Morgan fingerprint density at radius 2 is 2.09 bits per heavy atom. The number of carbonyl (C=O) groups is 3. The van der Waals surface area contributed by atoms with Gasteiger partial charge in [-0.2, -0.15) is 0 Å². The normalized spacial score (nSPS) is 17.9. The van der Waals surface area contributed by atoms with E-state index in [4.69, 9.17) is 10.6 Å². The quantitative estimate of drug-likeness (QED) is 0.0931. The summed E-state index contributed by atoms with van der Waals surface area (Å²) in [6, 6.07) is 1.17. The smallest absolute Gasteiger partial charge is 0.352 e. The SMILES string of the molecule is CO/N=C(/C(=O)N[C@@H]1C(=O)N2C(C(=O)O)=C(CSc3cc(=O)c4cc(F)c(Sc5nncn5C)c(F)c4s3)CS[C@H]12)c1csc(N)n1. The van der Waals surface area contributed by atoms with Crippen LogP contribution in [0.2, 0.25) is 0 Å². The second-order valence-electron chi connectivity index (χ2n) is 9.73. The number of nitrogens with one attached hydrogen (secondary N) is 1. The highest BCUT2D eigenvalue weighted by molar-refractivity contribution is 8.02. The fourth-order valence-corrected chi connectivity index (χ4v) is 9.79. The lowest BCUT2D eigenvalue weighted by Crippen LogP contribution is -2.71. The summed E-state index contributed by atoms with van der Waals surface area (Å²) in [6.07, 6.45) is 1.39. The van der Waals surface area contributed by atoms with E-state index in [0.29, 0.717) is 9.78 Å². The van der Waals surface area contributed by atoms with Gasteiger partial charge >= 0.3 is 5.97 Å². The molecule has 47 heavy (non-hydrogen) atoms. The average Bonchev–Trinajstić information content (AvgIpc) is 3.66. The number of carboxylic acids is 1. The molecule has 0 spiro atoms. The lowest BCUT2D eigenvalue weighted by Gasteiger charge is -2.49. The first kappa shape index (κ1) is 32.9. The largest absolute Gasteiger partial charge is 0.477 e. The maximum atomic E-state index is 15.6. The van der Waals surface area contributed by atoms with E-state index in [1.54, 1.807) is 7.05 Å². The Hall–Kier alpha value is -4.05. The van der Waals surface area contributed by atoms with Crippen LogP contribution in [0.5, 0.6) is 0 Å². The Labute approximate surface area is 283 Å². The fraction of sp³-hybridized carbons (Fsp3) is 0.231. The van der Waals surface area contributed by atoms with Gasteiger partial charge in [-0.1, -0.05) is 5.16 Å². The number of aromatic nitrogens is 4. The number of hydrogen-bond donors (Lipinski definition) is 3. The summed E-state index contributed by atoms with van der Waals surface area (Å²) in [5, 5.41) is 25.0. The number of anilines is 1. The molecule has 6 rings (SSSR count). The molecule has 1 saturated heterocycles. The molecule has 0 saturated carbocycles. The third kappa shape index (κ3) is 6.20. The topological polar surface area (TPSA) is 195 Å². The number of carbonyl (C=O) groups excluding carboxylic acids is 2. The predicted octanol–water partition coefficient (Wildman–Crippen LogP) is 2.74. The van der Waals surface area contributed by atoms with Gasteiger partial charge in [0.2, 0.25) is 0 Å². The summed E-state index contributed by atoms with van der Waals surface area (Å²) < 4.78 is 32.2. The third-order valence-corrected chi connectivity index (χ3v) is 12.4. The molecule has 2 atom stereocenters. The van der Waals surface area contributed by atoms with E-state index in [2.05, 4.69) is 25.7 Å². The monoisotopic (exact) mass is 738 g/mol. The van der Waals surface area contributed by atoms with Crippen LogP contribution < -0.4 is 16.5 Å². The van der Waals surface area contributed by atoms with Crippen molar-refractivity contribution in [3.8, 4) is 0 Å². The molecule has 2 aliphatic rings. The van der Waals surface area contributed by atoms with Gasteiger partial charge in [-0.05, 0) is 23.4 Å². The summed E-state index contributed by atoms with van der Waals surface area (Å²) in [7, 11) is 2.86. The maximum Gasteiger partial charge on any atom is 0.352 e. The summed E-state index contributed by atoms with van der Waals surface area (Å²) in [5.74, 6) is -4.33. The summed E-state index contributed by atoms with van der Waals surface area (Å²) >= 11 is 5.07. The Bertz CT molecular complexity index is 2080. The first-order valence-electron chi connectivity index (χ1n) is 13.1. The Morgan fingerprint density at radius 1 is 1.30 bits per heavy atom. The molecule has 0 unspecified atom stereocenters. The molecule has 244 valence electrons. The molecular weight excluding hydrogens is 719 g/mol. The molecule has 1 fully saturated rings. The molecule has 4 aromatic rings. The van der Waals surface area contributed by atoms with E-state index < -0.39 is 46.3 Å². The molecule has 21 heteroatoms. The number of fused-ring (bicyclic) bond motifs is 2. The zero-order valence-corrected chi connectivity index (χ0v) is 28.0. The van der Waals surface area contributed by atoms with Crippen molar-refractivity contribution in [2.24, 2.45) is 12.2 Å². The van der Waals surface area contributed by atoms with Crippen LogP contribution in [0.15, 0.2) is 59.3 Å². The molecule has 2 amide bonds. The highest BCUT2D eigenvalue weighted by Gasteiger charge is 2.54. The van der Waals surface area contributed by atoms with Gasteiger partial charge in [0.05, 0.1) is 13.8 Å². The minimum atomic E-state index is -1.35. The molecule has 14 nitrogen and oxygen atoms in total. The Balaban J connectivity index is 1.21. The number of thioether (sulfide) groups is 2. The van der Waals surface area contributed by atoms with Crippen molar-refractivity contribution < 1.29 is 33.1 Å². The molecule has 3 aromatic heterocycles. The Kier molecular flexibility index (Phi) is 9.25. The van der Waals surface area contributed by atoms with E-state index in [-0.39, 0.29) is 53.9 Å². The zero-order chi connectivity index (χ0) is 33.6. The first-order valence-corrected chi connectivity index (χ1v) is 17.7. The number of amides is 2. The molecule has 4 N–H and O–H groups in total. The van der Waals surface area contributed by atoms with E-state index in [0.717, 1.165) is 57.2 Å². The van der Waals surface area contributed by atoms with Crippen LogP contribution in [0.3, 0.4) is 0 Å². The van der Waals surface area contributed by atoms with E-state index >= 15 is 4.39 Å². The van der Waals surface area contributed by atoms with Gasteiger partial charge in [0.15, 0.2) is 27.2 Å². The summed E-state index contributed by atoms with van der Waals surface area (Å²) in [5.41, 5.74) is 5.15. The van der Waals surface area contributed by atoms with Crippen LogP contribution in [-0.2, 0) is 26.3 Å². The Morgan fingerprint density at radius 3 is 2.74 bits per heavy atom. The van der Waals surface area contributed by atoms with Crippen molar-refractivity contribution in [2.45, 2.75) is 25.7 Å². The van der Waals surface area contributed by atoms with E-state index in [1.807, 2.05) is 0 Å². The maximum absolute atomic E-state index is 15.6. The van der Waals surface area contributed by atoms with Crippen molar-refractivity contribution in [1.82, 2.24) is 30.0 Å². The molecule has 5 heterocycles. The number of aryl methyl sites for hydroxylation is 1. The van der Waals surface area contributed by atoms with Crippen molar-refractivity contribution in [1.29, 1.82) is 0 Å². The van der Waals surface area contributed by atoms with Crippen LogP contribution in [0.1, 0.15) is 5.69 Å². The average molecular weight is 739 g/mol. The van der Waals surface area contributed by atoms with E-state index in [9.17, 15) is 28.7 Å². The molecular formula is C26H20F2N8O6S5. The van der Waals surface area contributed by atoms with Crippen LogP contribution in [0.4, 0.5) is 13.9 Å². The number of rotatable bonds is 10. The van der Waals surface area contributed by atoms with Crippen LogP contribution >= 0.6 is 58.0 Å². The van der Waals surface area contributed by atoms with Gasteiger partial charge in [-0.25, -0.2) is 18.6 Å². The minimum absolute atomic E-state index is 0.0584. The third-order valence-electron chi connectivity index (χ3n) is 6.80. The molecule has 2 aliphatic heterocycles. The van der Waals surface area contributed by atoms with Crippen LogP contribution in [-0.4, -0.2) is 83.3 Å².